The van der Waals surface area contributed by atoms with E-state index in [2.05, 4.69) is 6.92 Å². The van der Waals surface area contributed by atoms with Gasteiger partial charge in [-0.1, -0.05) is 13.3 Å². The maximum Gasteiger partial charge on any atom is 0.308 e. The van der Waals surface area contributed by atoms with Gasteiger partial charge in [-0.3, -0.25) is 4.79 Å². The molecule has 148 valence electrons. The number of hydrogen-bond acceptors (Lipinski definition) is 6. The van der Waals surface area contributed by atoms with Crippen LogP contribution >= 0.6 is 0 Å². The lowest BCUT2D eigenvalue weighted by molar-refractivity contribution is -0.229. The second-order valence-electron chi connectivity index (χ2n) is 8.77. The second kappa shape index (κ2) is 7.04. The molecule has 0 aromatic heterocycles. The van der Waals surface area contributed by atoms with E-state index >= 15 is 0 Å². The first kappa shape index (κ1) is 18.7. The summed E-state index contributed by atoms with van der Waals surface area (Å²) in [5.41, 5.74) is -0.638. The van der Waals surface area contributed by atoms with Crippen LogP contribution in [0.4, 0.5) is 0 Å². The van der Waals surface area contributed by atoms with Crippen LogP contribution in [0.15, 0.2) is 0 Å². The molecule has 4 fully saturated rings. The van der Waals surface area contributed by atoms with Crippen LogP contribution in [-0.4, -0.2) is 54.0 Å². The molecule has 4 aliphatic rings. The summed E-state index contributed by atoms with van der Waals surface area (Å²) in [5.74, 6) is -0.426. The van der Waals surface area contributed by atoms with E-state index in [1.54, 1.807) is 0 Å². The topological polar surface area (TPSA) is 74.2 Å². The highest BCUT2D eigenvalue weighted by atomic mass is 16.8. The molecule has 2 aliphatic carbocycles. The molecule has 0 aromatic carbocycles. The first-order valence-electron chi connectivity index (χ1n) is 10.2. The number of carbonyl (C=O) groups excluding carboxylic acids is 1. The molecule has 4 rings (SSSR count). The van der Waals surface area contributed by atoms with E-state index in [-0.39, 0.29) is 36.6 Å². The monoisotopic (exact) mass is 368 g/mol. The average Bonchev–Trinajstić information content (AvgIpc) is 2.96. The van der Waals surface area contributed by atoms with Gasteiger partial charge in [0.15, 0.2) is 5.79 Å². The van der Waals surface area contributed by atoms with Crippen LogP contribution in [0.2, 0.25) is 0 Å². The summed E-state index contributed by atoms with van der Waals surface area (Å²) in [5, 5.41) is 10.8. The molecule has 2 heterocycles. The predicted octanol–water partition coefficient (Wildman–Crippen LogP) is 2.70. The molecule has 2 aliphatic heterocycles. The first-order chi connectivity index (χ1) is 12.5. The molecule has 2 saturated heterocycles. The first-order valence-corrected chi connectivity index (χ1v) is 10.2. The highest BCUT2D eigenvalue weighted by Gasteiger charge is 2.59. The highest BCUT2D eigenvalue weighted by Crippen LogP contribution is 2.51. The maximum absolute atomic E-state index is 11.7. The van der Waals surface area contributed by atoms with Crippen molar-refractivity contribution >= 4 is 5.97 Å². The Morgan fingerprint density at radius 2 is 1.88 bits per heavy atom. The number of carbonyl (C=O) groups is 1. The van der Waals surface area contributed by atoms with E-state index < -0.39 is 17.5 Å². The molecule has 6 heteroatoms. The summed E-state index contributed by atoms with van der Waals surface area (Å²) in [4.78, 5) is 11.7. The van der Waals surface area contributed by atoms with Gasteiger partial charge in [0.05, 0.1) is 43.5 Å². The van der Waals surface area contributed by atoms with Crippen LogP contribution in [0.5, 0.6) is 0 Å². The van der Waals surface area contributed by atoms with Crippen molar-refractivity contribution in [3.8, 4) is 0 Å². The van der Waals surface area contributed by atoms with Crippen LogP contribution in [-0.2, 0) is 23.7 Å². The molecular formula is C20H32O6. The van der Waals surface area contributed by atoms with Crippen molar-refractivity contribution in [1.29, 1.82) is 0 Å². The third-order valence-electron chi connectivity index (χ3n) is 6.87. The molecule has 0 bridgehead atoms. The van der Waals surface area contributed by atoms with Gasteiger partial charge >= 0.3 is 5.97 Å². The Balaban J connectivity index is 1.49. The molecule has 2 saturated carbocycles. The van der Waals surface area contributed by atoms with Crippen molar-refractivity contribution in [2.24, 2.45) is 5.92 Å². The van der Waals surface area contributed by atoms with Gasteiger partial charge in [-0.15, -0.1) is 0 Å². The van der Waals surface area contributed by atoms with Crippen LogP contribution in [0, 0.1) is 5.92 Å². The Bertz CT molecular complexity index is 530. The van der Waals surface area contributed by atoms with Gasteiger partial charge < -0.3 is 24.1 Å². The van der Waals surface area contributed by atoms with Gasteiger partial charge in [0, 0.05) is 19.3 Å². The lowest BCUT2D eigenvalue weighted by Gasteiger charge is -2.50. The molecule has 6 atom stereocenters. The molecule has 1 N–H and O–H groups in total. The minimum absolute atomic E-state index is 0.0385. The molecule has 6 nitrogen and oxygen atoms in total. The predicted molar refractivity (Wildman–Crippen MR) is 93.4 cm³/mol. The Morgan fingerprint density at radius 3 is 2.62 bits per heavy atom. The lowest BCUT2D eigenvalue weighted by atomic mass is 9.70. The van der Waals surface area contributed by atoms with Gasteiger partial charge in [0.2, 0.25) is 0 Å². The smallest absolute Gasteiger partial charge is 0.308 e. The summed E-state index contributed by atoms with van der Waals surface area (Å²) in [6.07, 6.45) is 7.77. The fourth-order valence-corrected chi connectivity index (χ4v) is 5.60. The van der Waals surface area contributed by atoms with E-state index in [0.29, 0.717) is 19.3 Å². The maximum atomic E-state index is 11.7. The van der Waals surface area contributed by atoms with Gasteiger partial charge in [0.25, 0.3) is 0 Å². The molecule has 3 unspecified atom stereocenters. The summed E-state index contributed by atoms with van der Waals surface area (Å²) in [7, 11) is 1.40. The number of ether oxygens (including phenoxy) is 4. The normalized spacial score (nSPS) is 44.8. The number of fused-ring (bicyclic) bond motifs is 1. The van der Waals surface area contributed by atoms with Crippen LogP contribution < -0.4 is 0 Å². The van der Waals surface area contributed by atoms with E-state index in [1.807, 2.05) is 0 Å². The Labute approximate surface area is 155 Å². The molecule has 2 spiro atoms. The summed E-state index contributed by atoms with van der Waals surface area (Å²) >= 11 is 0. The molecule has 0 aromatic rings. The van der Waals surface area contributed by atoms with Crippen molar-refractivity contribution in [3.05, 3.63) is 0 Å². The van der Waals surface area contributed by atoms with Crippen LogP contribution in [0.3, 0.4) is 0 Å². The summed E-state index contributed by atoms with van der Waals surface area (Å²) < 4.78 is 24.1. The SMILES string of the molecule is COC(=O)CC1CCC(O)[C@]2(CC(C)[C@@H]3OC4(CCCCC4)O[C@@H]3C2)O1. The van der Waals surface area contributed by atoms with E-state index in [4.69, 9.17) is 18.9 Å². The minimum atomic E-state index is -0.638. The van der Waals surface area contributed by atoms with Gasteiger partial charge in [-0.05, 0) is 38.0 Å². The van der Waals surface area contributed by atoms with E-state index in [0.717, 1.165) is 32.1 Å². The second-order valence-corrected chi connectivity index (χ2v) is 8.77. The minimum Gasteiger partial charge on any atom is -0.469 e. The fraction of sp³-hybridized carbons (Fsp3) is 0.950. The fourth-order valence-electron chi connectivity index (χ4n) is 5.60. The largest absolute Gasteiger partial charge is 0.469 e. The van der Waals surface area contributed by atoms with Crippen molar-refractivity contribution < 1.29 is 28.8 Å². The molecular weight excluding hydrogens is 336 g/mol. The lowest BCUT2D eigenvalue weighted by Crippen LogP contribution is -2.59. The molecule has 26 heavy (non-hydrogen) atoms. The number of esters is 1. The zero-order valence-electron chi connectivity index (χ0n) is 15.9. The van der Waals surface area contributed by atoms with Crippen molar-refractivity contribution in [2.45, 2.75) is 107 Å². The van der Waals surface area contributed by atoms with Crippen LogP contribution in [0.1, 0.15) is 71.1 Å². The van der Waals surface area contributed by atoms with Gasteiger partial charge in [-0.2, -0.15) is 0 Å². The third-order valence-corrected chi connectivity index (χ3v) is 6.87. The number of aliphatic hydroxyl groups excluding tert-OH is 1. The number of hydrogen-bond donors (Lipinski definition) is 1. The number of aliphatic hydroxyl groups is 1. The quantitative estimate of drug-likeness (QED) is 0.756. The Kier molecular flexibility index (Phi) is 5.05. The van der Waals surface area contributed by atoms with Crippen LogP contribution in [0.25, 0.3) is 0 Å². The zero-order valence-corrected chi connectivity index (χ0v) is 15.9. The summed E-state index contributed by atoms with van der Waals surface area (Å²) in [6, 6.07) is 0. The molecule has 0 radical (unpaired) electrons. The Hall–Kier alpha value is -0.690. The van der Waals surface area contributed by atoms with E-state index in [1.165, 1.54) is 13.5 Å². The third kappa shape index (κ3) is 3.30. The number of methoxy groups -OCH3 is 1. The van der Waals surface area contributed by atoms with E-state index in [9.17, 15) is 9.90 Å². The van der Waals surface area contributed by atoms with Gasteiger partial charge in [-0.25, -0.2) is 0 Å². The zero-order chi connectivity index (χ0) is 18.4. The van der Waals surface area contributed by atoms with Gasteiger partial charge in [0.1, 0.15) is 0 Å². The van der Waals surface area contributed by atoms with Crippen molar-refractivity contribution in [1.82, 2.24) is 0 Å². The Morgan fingerprint density at radius 1 is 1.12 bits per heavy atom. The summed E-state index contributed by atoms with van der Waals surface area (Å²) in [6.45, 7) is 2.17. The highest BCUT2D eigenvalue weighted by molar-refractivity contribution is 5.69. The number of rotatable bonds is 2. The average molecular weight is 368 g/mol. The molecule has 0 amide bonds. The van der Waals surface area contributed by atoms with Crippen molar-refractivity contribution in [3.63, 3.8) is 0 Å². The van der Waals surface area contributed by atoms with Crippen molar-refractivity contribution in [2.75, 3.05) is 7.11 Å². The standard InChI is InChI=1S/C20H32O6/c1-13-11-19(16(21)7-6-14(24-19)10-17(22)23-2)12-15-18(13)26-20(25-15)8-4-3-5-9-20/h13-16,18,21H,3-12H2,1-2H3/t13?,14?,15-,16?,18+,19-/m1/s1.